The molecule has 10 nitrogen and oxygen atoms in total. The van der Waals surface area contributed by atoms with Gasteiger partial charge in [-0.1, -0.05) is 37.3 Å². The van der Waals surface area contributed by atoms with E-state index in [4.69, 9.17) is 9.47 Å². The van der Waals surface area contributed by atoms with E-state index in [2.05, 4.69) is 10.3 Å². The Morgan fingerprint density at radius 3 is 2.54 bits per heavy atom. The molecule has 0 unspecified atom stereocenters. The summed E-state index contributed by atoms with van der Waals surface area (Å²) in [6.45, 7) is 6.66. The Morgan fingerprint density at radius 2 is 1.83 bits per heavy atom. The second-order valence-corrected chi connectivity index (χ2v) is 12.1. The lowest BCUT2D eigenvalue weighted by Gasteiger charge is -2.36. The first-order chi connectivity index (χ1) is 22.2. The molecule has 46 heavy (non-hydrogen) atoms. The largest absolute Gasteiger partial charge is 0.490 e. The fraction of sp³-hybridized carbons (Fsp3) is 0.444. The van der Waals surface area contributed by atoms with Gasteiger partial charge in [-0.05, 0) is 69.0 Å². The van der Waals surface area contributed by atoms with Gasteiger partial charge >= 0.3 is 0 Å². The molecule has 2 aromatic carbocycles. The SMILES string of the molecule is C[C@@H]1CN([C@H](C)CO)C(=O)c2cc(NC(=O)c3ccncc3)ccc2O[C@@H](C)CCCCO[C@@H]1CN(C)C(=O)Cc1ccccc1. The Morgan fingerprint density at radius 1 is 1.09 bits per heavy atom. The molecule has 0 saturated heterocycles. The summed E-state index contributed by atoms with van der Waals surface area (Å²) in [6.07, 6.45) is 5.30. The van der Waals surface area contributed by atoms with Crippen molar-refractivity contribution in [2.75, 3.05) is 38.7 Å². The van der Waals surface area contributed by atoms with Crippen molar-refractivity contribution in [1.82, 2.24) is 14.8 Å². The van der Waals surface area contributed by atoms with Gasteiger partial charge in [0.1, 0.15) is 5.75 Å². The van der Waals surface area contributed by atoms with Gasteiger partial charge in [0.15, 0.2) is 0 Å². The number of fused-ring (bicyclic) bond motifs is 1. The maximum atomic E-state index is 14.3. The topological polar surface area (TPSA) is 121 Å². The van der Waals surface area contributed by atoms with Crippen molar-refractivity contribution in [3.63, 3.8) is 0 Å². The van der Waals surface area contributed by atoms with Crippen LogP contribution in [-0.4, -0.2) is 89.2 Å². The third-order valence-electron chi connectivity index (χ3n) is 8.33. The number of carbonyl (C=O) groups excluding carboxylic acids is 3. The standard InChI is InChI=1S/C36H46N4O6/c1-25-22-40(26(2)24-41)36(44)31-21-30(38-35(43)29-15-17-37-18-16-29)13-14-32(31)46-27(3)10-8-9-19-45-33(25)23-39(4)34(42)20-28-11-6-5-7-12-28/h5-7,11-18,21,25-27,33,41H,8-10,19-20,22-24H2,1-4H3,(H,38,43)/t25-,26-,27+,33-/m1/s1. The first-order valence-corrected chi connectivity index (χ1v) is 16.0. The third-order valence-corrected chi connectivity index (χ3v) is 8.33. The first-order valence-electron chi connectivity index (χ1n) is 16.0. The number of likely N-dealkylation sites (N-methyl/N-ethyl adjacent to an activating group) is 1. The second-order valence-electron chi connectivity index (χ2n) is 12.1. The summed E-state index contributed by atoms with van der Waals surface area (Å²) in [5.41, 5.74) is 2.11. The van der Waals surface area contributed by atoms with Gasteiger partial charge in [0.25, 0.3) is 11.8 Å². The number of amides is 3. The zero-order valence-corrected chi connectivity index (χ0v) is 27.2. The molecule has 1 aliphatic heterocycles. The summed E-state index contributed by atoms with van der Waals surface area (Å²) >= 11 is 0. The Labute approximate surface area is 271 Å². The Balaban J connectivity index is 1.60. The summed E-state index contributed by atoms with van der Waals surface area (Å²) in [4.78, 5) is 47.6. The molecule has 10 heteroatoms. The van der Waals surface area contributed by atoms with Gasteiger partial charge in [0.2, 0.25) is 5.91 Å². The smallest absolute Gasteiger partial charge is 0.258 e. The lowest BCUT2D eigenvalue weighted by Crippen LogP contribution is -2.48. The van der Waals surface area contributed by atoms with Crippen LogP contribution in [0.4, 0.5) is 5.69 Å². The van der Waals surface area contributed by atoms with Crippen LogP contribution in [0.25, 0.3) is 0 Å². The van der Waals surface area contributed by atoms with Crippen molar-refractivity contribution in [3.8, 4) is 5.75 Å². The van der Waals surface area contributed by atoms with E-state index in [0.717, 1.165) is 24.8 Å². The van der Waals surface area contributed by atoms with Crippen LogP contribution in [0, 0.1) is 5.92 Å². The number of benzene rings is 2. The highest BCUT2D eigenvalue weighted by Gasteiger charge is 2.31. The van der Waals surface area contributed by atoms with Crippen molar-refractivity contribution in [2.24, 2.45) is 5.92 Å². The maximum Gasteiger partial charge on any atom is 0.258 e. The minimum atomic E-state index is -0.513. The number of nitrogens with one attached hydrogen (secondary N) is 1. The molecule has 3 amide bonds. The molecule has 2 N–H and O–H groups in total. The number of pyridine rings is 1. The number of hydrogen-bond donors (Lipinski definition) is 2. The van der Waals surface area contributed by atoms with E-state index in [-0.39, 0.29) is 54.6 Å². The maximum absolute atomic E-state index is 14.3. The van der Waals surface area contributed by atoms with Gasteiger partial charge in [0.05, 0.1) is 36.8 Å². The molecular weight excluding hydrogens is 584 g/mol. The average Bonchev–Trinajstić information content (AvgIpc) is 3.06. The average molecular weight is 631 g/mol. The highest BCUT2D eigenvalue weighted by molar-refractivity contribution is 6.05. The third kappa shape index (κ3) is 9.61. The van der Waals surface area contributed by atoms with Crippen LogP contribution >= 0.6 is 0 Å². The second kappa shape index (κ2) is 16.9. The van der Waals surface area contributed by atoms with E-state index in [1.807, 2.05) is 44.2 Å². The van der Waals surface area contributed by atoms with E-state index < -0.39 is 6.04 Å². The highest BCUT2D eigenvalue weighted by Crippen LogP contribution is 2.29. The number of ether oxygens (including phenoxy) is 2. The molecule has 0 radical (unpaired) electrons. The molecule has 1 aromatic heterocycles. The molecule has 0 aliphatic carbocycles. The number of carbonyl (C=O) groups is 3. The van der Waals surface area contributed by atoms with Gasteiger partial charge in [-0.15, -0.1) is 0 Å². The molecule has 0 fully saturated rings. The van der Waals surface area contributed by atoms with E-state index in [1.54, 1.807) is 66.5 Å². The fourth-order valence-corrected chi connectivity index (χ4v) is 5.45. The molecular formula is C36H46N4O6. The molecule has 0 spiro atoms. The zero-order valence-electron chi connectivity index (χ0n) is 27.2. The van der Waals surface area contributed by atoms with Gasteiger partial charge < -0.3 is 29.7 Å². The van der Waals surface area contributed by atoms with Crippen molar-refractivity contribution in [3.05, 3.63) is 89.7 Å². The number of aromatic nitrogens is 1. The van der Waals surface area contributed by atoms with E-state index in [9.17, 15) is 19.5 Å². The lowest BCUT2D eigenvalue weighted by atomic mass is 10.0. The van der Waals surface area contributed by atoms with Gasteiger partial charge in [0, 0.05) is 56.3 Å². The molecule has 4 rings (SSSR count). The number of aliphatic hydroxyl groups is 1. The molecule has 0 saturated carbocycles. The lowest BCUT2D eigenvalue weighted by molar-refractivity contribution is -0.131. The Bertz CT molecular complexity index is 1440. The van der Waals surface area contributed by atoms with Gasteiger partial charge in [-0.25, -0.2) is 0 Å². The predicted octanol–water partition coefficient (Wildman–Crippen LogP) is 4.83. The summed E-state index contributed by atoms with van der Waals surface area (Å²) < 4.78 is 12.7. The molecule has 2 heterocycles. The van der Waals surface area contributed by atoms with Crippen LogP contribution in [0.2, 0.25) is 0 Å². The van der Waals surface area contributed by atoms with Crippen LogP contribution in [0.1, 0.15) is 66.3 Å². The van der Waals surface area contributed by atoms with Crippen molar-refractivity contribution >= 4 is 23.4 Å². The summed E-state index contributed by atoms with van der Waals surface area (Å²) in [7, 11) is 1.78. The molecule has 246 valence electrons. The normalized spacial score (nSPS) is 20.1. The summed E-state index contributed by atoms with van der Waals surface area (Å²) in [5, 5.41) is 13.1. The molecule has 4 atom stereocenters. The first kappa shape index (κ1) is 34.6. The highest BCUT2D eigenvalue weighted by atomic mass is 16.5. The monoisotopic (exact) mass is 630 g/mol. The Kier molecular flexibility index (Phi) is 12.7. The number of aliphatic hydroxyl groups excluding tert-OH is 1. The van der Waals surface area contributed by atoms with E-state index in [0.29, 0.717) is 36.6 Å². The van der Waals surface area contributed by atoms with Crippen LogP contribution < -0.4 is 10.1 Å². The van der Waals surface area contributed by atoms with Crippen molar-refractivity contribution in [1.29, 1.82) is 0 Å². The quantitative estimate of drug-likeness (QED) is 0.366. The zero-order chi connectivity index (χ0) is 33.1. The van der Waals surface area contributed by atoms with E-state index >= 15 is 0 Å². The van der Waals surface area contributed by atoms with Crippen molar-refractivity contribution < 1.29 is 29.0 Å². The van der Waals surface area contributed by atoms with Gasteiger partial charge in [-0.2, -0.15) is 0 Å². The Hall–Kier alpha value is -4.28. The number of nitrogens with zero attached hydrogens (tertiary/aromatic N) is 3. The van der Waals surface area contributed by atoms with Crippen LogP contribution in [0.15, 0.2) is 73.1 Å². The molecule has 3 aromatic rings. The van der Waals surface area contributed by atoms with Crippen LogP contribution in [-0.2, 0) is 16.0 Å². The summed E-state index contributed by atoms with van der Waals surface area (Å²) in [6, 6.07) is 17.4. The van der Waals surface area contributed by atoms with E-state index in [1.165, 1.54) is 0 Å². The number of rotatable bonds is 8. The number of anilines is 1. The van der Waals surface area contributed by atoms with Crippen molar-refractivity contribution in [2.45, 2.75) is 64.7 Å². The predicted molar refractivity (Wildman–Crippen MR) is 177 cm³/mol. The number of hydrogen-bond acceptors (Lipinski definition) is 7. The minimum absolute atomic E-state index is 0.0145. The fourth-order valence-electron chi connectivity index (χ4n) is 5.45. The van der Waals surface area contributed by atoms with Gasteiger partial charge in [-0.3, -0.25) is 19.4 Å². The minimum Gasteiger partial charge on any atom is -0.490 e. The summed E-state index contributed by atoms with van der Waals surface area (Å²) in [5.74, 6) is -0.437. The van der Waals surface area contributed by atoms with Crippen LogP contribution in [0.5, 0.6) is 5.75 Å². The molecule has 0 bridgehead atoms. The van der Waals surface area contributed by atoms with Crippen LogP contribution in [0.3, 0.4) is 0 Å². The molecule has 1 aliphatic rings.